The average molecular weight is 311 g/mol. The van der Waals surface area contributed by atoms with Crippen LogP contribution in [0.1, 0.15) is 12.0 Å². The Morgan fingerprint density at radius 2 is 2.27 bits per heavy atom. The maximum Gasteiger partial charge on any atom is 0.305 e. The number of carboxylic acid groups (broad SMARTS) is 1. The van der Waals surface area contributed by atoms with E-state index in [2.05, 4.69) is 0 Å². The Kier molecular flexibility index (Phi) is 5.32. The van der Waals surface area contributed by atoms with Gasteiger partial charge >= 0.3 is 5.97 Å². The van der Waals surface area contributed by atoms with Crippen LogP contribution in [0.25, 0.3) is 0 Å². The van der Waals surface area contributed by atoms with Gasteiger partial charge in [0.1, 0.15) is 11.6 Å². The summed E-state index contributed by atoms with van der Waals surface area (Å²) in [6, 6.07) is 3.47. The van der Waals surface area contributed by atoms with Gasteiger partial charge in [-0.1, -0.05) is 0 Å². The molecule has 0 aromatic heterocycles. The molecule has 1 aliphatic rings. The number of morpholine rings is 1. The fourth-order valence-corrected chi connectivity index (χ4v) is 2.50. The maximum atomic E-state index is 13.3. The van der Waals surface area contributed by atoms with Crippen LogP contribution in [0.2, 0.25) is 0 Å². The van der Waals surface area contributed by atoms with Crippen LogP contribution >= 0.6 is 0 Å². The van der Waals surface area contributed by atoms with Crippen LogP contribution in [0.5, 0.6) is 5.75 Å². The molecule has 1 unspecified atom stereocenters. The van der Waals surface area contributed by atoms with E-state index in [1.807, 2.05) is 0 Å². The largest absolute Gasteiger partial charge is 0.496 e. The Labute approximate surface area is 127 Å². The molecule has 0 bridgehead atoms. The van der Waals surface area contributed by atoms with Gasteiger partial charge in [0.2, 0.25) is 5.91 Å². The minimum atomic E-state index is -0.989. The third-order valence-corrected chi connectivity index (χ3v) is 3.54. The number of methoxy groups -OCH3 is 1. The molecular weight excluding hydrogens is 293 g/mol. The summed E-state index contributed by atoms with van der Waals surface area (Å²) in [6.07, 6.45) is -0.219. The SMILES string of the molecule is COc1ccc(F)cc1CC(=O)N1CCOCC1CC(=O)O. The van der Waals surface area contributed by atoms with Crippen molar-refractivity contribution in [1.82, 2.24) is 4.90 Å². The number of carboxylic acids is 1. The predicted octanol–water partition coefficient (Wildman–Crippen LogP) is 1.08. The zero-order valence-corrected chi connectivity index (χ0v) is 12.3. The second kappa shape index (κ2) is 7.22. The van der Waals surface area contributed by atoms with Crippen molar-refractivity contribution in [3.05, 3.63) is 29.6 Å². The summed E-state index contributed by atoms with van der Waals surface area (Å²) in [5.74, 6) is -1.28. The highest BCUT2D eigenvalue weighted by atomic mass is 19.1. The summed E-state index contributed by atoms with van der Waals surface area (Å²) in [5.41, 5.74) is 0.438. The van der Waals surface area contributed by atoms with E-state index in [4.69, 9.17) is 14.6 Å². The zero-order chi connectivity index (χ0) is 16.1. The molecule has 0 spiro atoms. The molecule has 2 rings (SSSR count). The van der Waals surface area contributed by atoms with Gasteiger partial charge in [-0.2, -0.15) is 0 Å². The standard InChI is InChI=1S/C15H18FNO5/c1-21-13-3-2-11(16)6-10(13)7-14(18)17-4-5-22-9-12(17)8-15(19)20/h2-3,6,12H,4-5,7-9H2,1H3,(H,19,20). The Morgan fingerprint density at radius 3 is 2.95 bits per heavy atom. The van der Waals surface area contributed by atoms with Crippen molar-refractivity contribution < 1.29 is 28.6 Å². The number of carbonyl (C=O) groups is 2. The Morgan fingerprint density at radius 1 is 1.50 bits per heavy atom. The van der Waals surface area contributed by atoms with Gasteiger partial charge in [0.25, 0.3) is 0 Å². The monoisotopic (exact) mass is 311 g/mol. The fraction of sp³-hybridized carbons (Fsp3) is 0.467. The Balaban J connectivity index is 2.13. The molecule has 0 aliphatic carbocycles. The normalized spacial score (nSPS) is 18.1. The van der Waals surface area contributed by atoms with Crippen molar-refractivity contribution in [2.75, 3.05) is 26.9 Å². The molecule has 22 heavy (non-hydrogen) atoms. The summed E-state index contributed by atoms with van der Waals surface area (Å²) < 4.78 is 23.7. The predicted molar refractivity (Wildman–Crippen MR) is 75.2 cm³/mol. The Hall–Kier alpha value is -2.15. The van der Waals surface area contributed by atoms with Crippen molar-refractivity contribution in [3.63, 3.8) is 0 Å². The lowest BCUT2D eigenvalue weighted by atomic mass is 10.1. The fourth-order valence-electron chi connectivity index (χ4n) is 2.50. The summed E-state index contributed by atoms with van der Waals surface area (Å²) in [4.78, 5) is 24.8. The molecule has 1 saturated heterocycles. The molecule has 1 heterocycles. The topological polar surface area (TPSA) is 76.1 Å². The van der Waals surface area contributed by atoms with E-state index in [1.165, 1.54) is 30.2 Å². The summed E-state index contributed by atoms with van der Waals surface area (Å²) in [6.45, 7) is 0.884. The number of aliphatic carboxylic acids is 1. The first-order chi connectivity index (χ1) is 10.5. The lowest BCUT2D eigenvalue weighted by Gasteiger charge is -2.35. The molecule has 6 nitrogen and oxygen atoms in total. The summed E-state index contributed by atoms with van der Waals surface area (Å²) in [7, 11) is 1.45. The number of amides is 1. The van der Waals surface area contributed by atoms with E-state index in [-0.39, 0.29) is 25.4 Å². The van der Waals surface area contributed by atoms with Gasteiger partial charge < -0.3 is 19.5 Å². The molecular formula is C15H18FNO5. The smallest absolute Gasteiger partial charge is 0.305 e. The zero-order valence-electron chi connectivity index (χ0n) is 12.3. The van der Waals surface area contributed by atoms with E-state index in [1.54, 1.807) is 0 Å². The average Bonchev–Trinajstić information content (AvgIpc) is 2.47. The van der Waals surface area contributed by atoms with E-state index >= 15 is 0 Å². The van der Waals surface area contributed by atoms with Crippen molar-refractivity contribution in [2.45, 2.75) is 18.9 Å². The number of benzene rings is 1. The lowest BCUT2D eigenvalue weighted by Crippen LogP contribution is -2.50. The molecule has 7 heteroatoms. The number of hydrogen-bond donors (Lipinski definition) is 1. The first-order valence-electron chi connectivity index (χ1n) is 6.92. The van der Waals surface area contributed by atoms with Crippen LogP contribution in [0.15, 0.2) is 18.2 Å². The summed E-state index contributed by atoms with van der Waals surface area (Å²) in [5, 5.41) is 8.91. The molecule has 1 fully saturated rings. The number of nitrogens with zero attached hydrogens (tertiary/aromatic N) is 1. The third-order valence-electron chi connectivity index (χ3n) is 3.54. The number of carbonyl (C=O) groups excluding carboxylic acids is 1. The second-order valence-electron chi connectivity index (χ2n) is 5.05. The van der Waals surface area contributed by atoms with Gasteiger partial charge in [0.15, 0.2) is 0 Å². The van der Waals surface area contributed by atoms with Crippen LogP contribution in [0, 0.1) is 5.82 Å². The first kappa shape index (κ1) is 16.2. The van der Waals surface area contributed by atoms with Gasteiger partial charge in [-0.3, -0.25) is 9.59 Å². The number of ether oxygens (including phenoxy) is 2. The highest BCUT2D eigenvalue weighted by Crippen LogP contribution is 2.22. The van der Waals surface area contributed by atoms with Gasteiger partial charge in [-0.05, 0) is 18.2 Å². The van der Waals surface area contributed by atoms with E-state index in [0.29, 0.717) is 24.5 Å². The van der Waals surface area contributed by atoms with Crippen molar-refractivity contribution in [1.29, 1.82) is 0 Å². The molecule has 1 amide bonds. The Bertz CT molecular complexity index is 563. The van der Waals surface area contributed by atoms with Crippen molar-refractivity contribution >= 4 is 11.9 Å². The number of rotatable bonds is 5. The van der Waals surface area contributed by atoms with Crippen molar-refractivity contribution in [3.8, 4) is 5.75 Å². The van der Waals surface area contributed by atoms with Gasteiger partial charge in [0.05, 0.1) is 39.2 Å². The van der Waals surface area contributed by atoms with Crippen LogP contribution < -0.4 is 4.74 Å². The van der Waals surface area contributed by atoms with Crippen molar-refractivity contribution in [2.24, 2.45) is 0 Å². The second-order valence-corrected chi connectivity index (χ2v) is 5.05. The molecule has 1 aromatic carbocycles. The minimum Gasteiger partial charge on any atom is -0.496 e. The highest BCUT2D eigenvalue weighted by molar-refractivity contribution is 5.80. The molecule has 1 atom stereocenters. The lowest BCUT2D eigenvalue weighted by molar-refractivity contribution is -0.145. The minimum absolute atomic E-state index is 0.0446. The molecule has 1 N–H and O–H groups in total. The molecule has 0 saturated carbocycles. The van der Waals surface area contributed by atoms with Crippen LogP contribution in [0.4, 0.5) is 4.39 Å². The van der Waals surface area contributed by atoms with Gasteiger partial charge in [-0.25, -0.2) is 4.39 Å². The van der Waals surface area contributed by atoms with Gasteiger partial charge in [-0.15, -0.1) is 0 Å². The molecule has 1 aromatic rings. The molecule has 0 radical (unpaired) electrons. The quantitative estimate of drug-likeness (QED) is 0.880. The summed E-state index contributed by atoms with van der Waals surface area (Å²) >= 11 is 0. The van der Waals surface area contributed by atoms with Crippen LogP contribution in [0.3, 0.4) is 0 Å². The molecule has 120 valence electrons. The van der Waals surface area contributed by atoms with E-state index in [9.17, 15) is 14.0 Å². The van der Waals surface area contributed by atoms with Crippen LogP contribution in [-0.2, 0) is 20.7 Å². The van der Waals surface area contributed by atoms with Gasteiger partial charge in [0, 0.05) is 12.1 Å². The van der Waals surface area contributed by atoms with Crippen LogP contribution in [-0.4, -0.2) is 54.8 Å². The highest BCUT2D eigenvalue weighted by Gasteiger charge is 2.29. The third kappa shape index (κ3) is 3.94. The number of halogens is 1. The molecule has 1 aliphatic heterocycles. The maximum absolute atomic E-state index is 13.3. The van der Waals surface area contributed by atoms with E-state index < -0.39 is 17.8 Å². The first-order valence-corrected chi connectivity index (χ1v) is 6.92. The number of hydrogen-bond acceptors (Lipinski definition) is 4. The van der Waals surface area contributed by atoms with E-state index in [0.717, 1.165) is 0 Å².